The molecule has 0 radical (unpaired) electrons. The molecule has 1 nitrogen and oxygen atoms in total. The molecule has 0 saturated carbocycles. The van der Waals surface area contributed by atoms with Gasteiger partial charge in [0.2, 0.25) is 0 Å². The van der Waals surface area contributed by atoms with Crippen molar-refractivity contribution in [1.82, 2.24) is 5.32 Å². The van der Waals surface area contributed by atoms with Crippen molar-refractivity contribution in [2.24, 2.45) is 5.92 Å². The van der Waals surface area contributed by atoms with Crippen LogP contribution in [-0.2, 0) is 0 Å². The van der Waals surface area contributed by atoms with E-state index < -0.39 is 0 Å². The molecule has 0 unspecified atom stereocenters. The second-order valence-corrected chi connectivity index (χ2v) is 5.64. The van der Waals surface area contributed by atoms with Crippen LogP contribution in [-0.4, -0.2) is 13.1 Å². The normalized spacial score (nSPS) is 12.2. The highest BCUT2D eigenvalue weighted by Gasteiger charge is 1.99. The van der Waals surface area contributed by atoms with Crippen molar-refractivity contribution in [2.75, 3.05) is 13.1 Å². The summed E-state index contributed by atoms with van der Waals surface area (Å²) in [4.78, 5) is 0. The van der Waals surface area contributed by atoms with Crippen molar-refractivity contribution in [2.45, 2.75) is 34.1 Å². The van der Waals surface area contributed by atoms with Gasteiger partial charge in [-0.15, -0.1) is 0 Å². The molecule has 0 fully saturated rings. The number of halogens is 1. The summed E-state index contributed by atoms with van der Waals surface area (Å²) < 4.78 is 0. The summed E-state index contributed by atoms with van der Waals surface area (Å²) in [6.45, 7) is 10.7. The van der Waals surface area contributed by atoms with Gasteiger partial charge in [0.1, 0.15) is 0 Å². The topological polar surface area (TPSA) is 12.0 Å². The Kier molecular flexibility index (Phi) is 6.45. The van der Waals surface area contributed by atoms with Crippen LogP contribution in [0.2, 0.25) is 5.02 Å². The second-order valence-electron chi connectivity index (χ2n) is 5.24. The van der Waals surface area contributed by atoms with E-state index in [1.165, 1.54) is 11.1 Å². The summed E-state index contributed by atoms with van der Waals surface area (Å²) in [6, 6.07) is 6.25. The maximum Gasteiger partial charge on any atom is 0.0441 e. The molecule has 100 valence electrons. The summed E-state index contributed by atoms with van der Waals surface area (Å²) in [7, 11) is 0. The fraction of sp³-hybridized carbons (Fsp3) is 0.500. The van der Waals surface area contributed by atoms with Crippen LogP contribution < -0.4 is 5.32 Å². The lowest BCUT2D eigenvalue weighted by molar-refractivity contribution is 0.557. The average molecular weight is 266 g/mol. The Morgan fingerprint density at radius 1 is 1.39 bits per heavy atom. The molecule has 1 N–H and O–H groups in total. The zero-order valence-corrected chi connectivity index (χ0v) is 12.6. The van der Waals surface area contributed by atoms with E-state index in [4.69, 9.17) is 11.6 Å². The number of rotatable bonds is 6. The lowest BCUT2D eigenvalue weighted by Gasteiger charge is -2.07. The summed E-state index contributed by atoms with van der Waals surface area (Å²) in [5.41, 5.74) is 3.64. The molecule has 0 amide bonds. The molecule has 1 aromatic rings. The molecular formula is C16H24ClN. The summed E-state index contributed by atoms with van der Waals surface area (Å²) in [5.74, 6) is 0.714. The van der Waals surface area contributed by atoms with Crippen molar-refractivity contribution < 1.29 is 0 Å². The van der Waals surface area contributed by atoms with Crippen LogP contribution in [0.4, 0.5) is 0 Å². The molecule has 1 aromatic carbocycles. The molecule has 0 aliphatic heterocycles. The van der Waals surface area contributed by atoms with E-state index in [1.807, 2.05) is 13.0 Å². The number of allylic oxidation sites excluding steroid dienone is 1. The second kappa shape index (κ2) is 7.60. The summed E-state index contributed by atoms with van der Waals surface area (Å²) in [6.07, 6.45) is 3.33. The molecule has 2 heteroatoms. The molecule has 0 bridgehead atoms. The Morgan fingerprint density at radius 2 is 2.11 bits per heavy atom. The van der Waals surface area contributed by atoms with Crippen LogP contribution in [0.5, 0.6) is 0 Å². The van der Waals surface area contributed by atoms with Gasteiger partial charge in [-0.3, -0.25) is 0 Å². The lowest BCUT2D eigenvalue weighted by Crippen LogP contribution is -2.20. The van der Waals surface area contributed by atoms with Crippen LogP contribution in [0.1, 0.15) is 38.3 Å². The van der Waals surface area contributed by atoms with Crippen molar-refractivity contribution in [1.29, 1.82) is 0 Å². The highest BCUT2D eigenvalue weighted by Crippen LogP contribution is 2.21. The van der Waals surface area contributed by atoms with Gasteiger partial charge in [0.05, 0.1) is 0 Å². The minimum Gasteiger partial charge on any atom is -0.316 e. The number of nitrogens with one attached hydrogen (secondary N) is 1. The van der Waals surface area contributed by atoms with Crippen LogP contribution >= 0.6 is 11.6 Å². The number of hydrogen-bond acceptors (Lipinski definition) is 1. The largest absolute Gasteiger partial charge is 0.316 e. The predicted octanol–water partition coefficient (Wildman–Crippen LogP) is 4.69. The van der Waals surface area contributed by atoms with Gasteiger partial charge in [0.25, 0.3) is 0 Å². The Balaban J connectivity index is 2.47. The molecule has 0 saturated heterocycles. The SMILES string of the molecule is C/C(=C/CCNCC(C)C)c1ccc(C)c(Cl)c1. The molecule has 0 spiro atoms. The molecule has 0 atom stereocenters. The summed E-state index contributed by atoms with van der Waals surface area (Å²) >= 11 is 6.14. The molecule has 1 rings (SSSR count). The minimum absolute atomic E-state index is 0.714. The zero-order valence-electron chi connectivity index (χ0n) is 11.9. The van der Waals surface area contributed by atoms with E-state index >= 15 is 0 Å². The first-order chi connectivity index (χ1) is 8.50. The zero-order chi connectivity index (χ0) is 13.5. The first-order valence-electron chi connectivity index (χ1n) is 6.64. The lowest BCUT2D eigenvalue weighted by atomic mass is 10.0. The van der Waals surface area contributed by atoms with Crippen LogP contribution in [0, 0.1) is 12.8 Å². The van der Waals surface area contributed by atoms with Crippen LogP contribution in [0.3, 0.4) is 0 Å². The third kappa shape index (κ3) is 5.24. The highest BCUT2D eigenvalue weighted by atomic mass is 35.5. The van der Waals surface area contributed by atoms with Crippen molar-refractivity contribution in [3.8, 4) is 0 Å². The fourth-order valence-corrected chi connectivity index (χ4v) is 1.92. The Morgan fingerprint density at radius 3 is 2.72 bits per heavy atom. The third-order valence-electron chi connectivity index (χ3n) is 2.95. The Hall–Kier alpha value is -0.790. The molecule has 0 aromatic heterocycles. The molecular weight excluding hydrogens is 242 g/mol. The van der Waals surface area contributed by atoms with Crippen molar-refractivity contribution in [3.05, 3.63) is 40.4 Å². The Bertz CT molecular complexity index is 408. The van der Waals surface area contributed by atoms with Crippen LogP contribution in [0.15, 0.2) is 24.3 Å². The third-order valence-corrected chi connectivity index (χ3v) is 3.36. The minimum atomic E-state index is 0.714. The van der Waals surface area contributed by atoms with Crippen molar-refractivity contribution in [3.63, 3.8) is 0 Å². The fourth-order valence-electron chi connectivity index (χ4n) is 1.74. The van der Waals surface area contributed by atoms with Crippen LogP contribution in [0.25, 0.3) is 5.57 Å². The van der Waals surface area contributed by atoms with E-state index in [2.05, 4.69) is 44.3 Å². The van der Waals surface area contributed by atoms with E-state index in [-0.39, 0.29) is 0 Å². The summed E-state index contributed by atoms with van der Waals surface area (Å²) in [5, 5.41) is 4.29. The molecule has 18 heavy (non-hydrogen) atoms. The van der Waals surface area contributed by atoms with E-state index in [0.29, 0.717) is 5.92 Å². The Labute approximate surface area is 116 Å². The van der Waals surface area contributed by atoms with Gasteiger partial charge in [-0.05, 0) is 62.0 Å². The number of benzene rings is 1. The van der Waals surface area contributed by atoms with E-state index in [1.54, 1.807) is 0 Å². The number of aryl methyl sites for hydroxylation is 1. The number of hydrogen-bond donors (Lipinski definition) is 1. The molecule has 0 heterocycles. The highest BCUT2D eigenvalue weighted by molar-refractivity contribution is 6.31. The average Bonchev–Trinajstić information content (AvgIpc) is 2.31. The van der Waals surface area contributed by atoms with Gasteiger partial charge >= 0.3 is 0 Å². The maximum atomic E-state index is 6.14. The van der Waals surface area contributed by atoms with E-state index in [0.717, 1.165) is 30.1 Å². The van der Waals surface area contributed by atoms with Gasteiger partial charge in [0.15, 0.2) is 0 Å². The first kappa shape index (κ1) is 15.3. The quantitative estimate of drug-likeness (QED) is 0.736. The first-order valence-corrected chi connectivity index (χ1v) is 7.02. The maximum absolute atomic E-state index is 6.14. The molecule has 0 aliphatic rings. The van der Waals surface area contributed by atoms with Gasteiger partial charge in [-0.2, -0.15) is 0 Å². The smallest absolute Gasteiger partial charge is 0.0441 e. The predicted molar refractivity (Wildman–Crippen MR) is 82.2 cm³/mol. The van der Waals surface area contributed by atoms with Gasteiger partial charge in [-0.25, -0.2) is 0 Å². The standard InChI is InChI=1S/C16H24ClN/c1-12(2)11-18-9-5-6-13(3)15-8-7-14(4)16(17)10-15/h6-8,10,12,18H,5,9,11H2,1-4H3/b13-6-. The monoisotopic (exact) mass is 265 g/mol. The molecule has 0 aliphatic carbocycles. The van der Waals surface area contributed by atoms with Gasteiger partial charge in [0, 0.05) is 5.02 Å². The van der Waals surface area contributed by atoms with Crippen molar-refractivity contribution >= 4 is 17.2 Å². The van der Waals surface area contributed by atoms with Gasteiger partial charge < -0.3 is 5.32 Å². The van der Waals surface area contributed by atoms with Gasteiger partial charge in [-0.1, -0.05) is 43.7 Å². The van der Waals surface area contributed by atoms with E-state index in [9.17, 15) is 0 Å².